The van der Waals surface area contributed by atoms with Gasteiger partial charge in [-0.15, -0.1) is 0 Å². The van der Waals surface area contributed by atoms with Crippen molar-refractivity contribution < 1.29 is 0 Å². The van der Waals surface area contributed by atoms with Crippen molar-refractivity contribution in [2.75, 3.05) is 5.32 Å². The first-order valence-electron chi connectivity index (χ1n) is 5.58. The normalized spacial score (nSPS) is 24.4. The van der Waals surface area contributed by atoms with Crippen molar-refractivity contribution in [3.8, 4) is 0 Å². The summed E-state index contributed by atoms with van der Waals surface area (Å²) < 4.78 is 2.30. The first-order valence-corrected chi connectivity index (χ1v) is 5.58. The average Bonchev–Trinajstić information content (AvgIpc) is 2.86. The van der Waals surface area contributed by atoms with E-state index in [2.05, 4.69) is 28.0 Å². The van der Waals surface area contributed by atoms with Crippen LogP contribution in [0, 0.1) is 0 Å². The van der Waals surface area contributed by atoms with Gasteiger partial charge in [0.05, 0.1) is 0 Å². The second-order valence-electron chi connectivity index (χ2n) is 4.93. The molecule has 2 fully saturated rings. The standard InChI is InChI=1S/C11H17N3/c1-11(5-2-6-11)13-10-12-7-8-14(10)9-3-4-9/h7-9H,2-6H2,1H3,(H,12,13). The van der Waals surface area contributed by atoms with E-state index in [9.17, 15) is 0 Å². The largest absolute Gasteiger partial charge is 0.350 e. The molecule has 0 unspecified atom stereocenters. The van der Waals surface area contributed by atoms with Crippen LogP contribution in [0.15, 0.2) is 12.4 Å². The van der Waals surface area contributed by atoms with Crippen LogP contribution >= 0.6 is 0 Å². The fraction of sp³-hybridized carbons (Fsp3) is 0.727. The van der Waals surface area contributed by atoms with Crippen LogP contribution in [-0.2, 0) is 0 Å². The van der Waals surface area contributed by atoms with E-state index in [1.807, 2.05) is 6.20 Å². The van der Waals surface area contributed by atoms with Crippen molar-refractivity contribution in [3.63, 3.8) is 0 Å². The molecular weight excluding hydrogens is 174 g/mol. The molecule has 0 atom stereocenters. The van der Waals surface area contributed by atoms with E-state index in [4.69, 9.17) is 0 Å². The number of nitrogens with one attached hydrogen (secondary N) is 1. The molecule has 0 saturated heterocycles. The summed E-state index contributed by atoms with van der Waals surface area (Å²) in [6.45, 7) is 2.29. The molecule has 0 amide bonds. The Balaban J connectivity index is 1.78. The predicted molar refractivity (Wildman–Crippen MR) is 56.4 cm³/mol. The van der Waals surface area contributed by atoms with E-state index in [-0.39, 0.29) is 0 Å². The lowest BCUT2D eigenvalue weighted by Crippen LogP contribution is -2.42. The van der Waals surface area contributed by atoms with Crippen LogP contribution in [0.5, 0.6) is 0 Å². The van der Waals surface area contributed by atoms with Gasteiger partial charge in [-0.1, -0.05) is 0 Å². The fourth-order valence-electron chi connectivity index (χ4n) is 2.16. The minimum absolute atomic E-state index is 0.317. The number of aromatic nitrogens is 2. The van der Waals surface area contributed by atoms with Gasteiger partial charge in [0.15, 0.2) is 0 Å². The Labute approximate surface area is 84.5 Å². The molecule has 2 aliphatic carbocycles. The summed E-state index contributed by atoms with van der Waals surface area (Å²) in [5, 5.41) is 3.58. The van der Waals surface area contributed by atoms with Gasteiger partial charge in [-0.05, 0) is 39.0 Å². The van der Waals surface area contributed by atoms with E-state index in [1.54, 1.807) is 0 Å². The van der Waals surface area contributed by atoms with Crippen LogP contribution in [0.2, 0.25) is 0 Å². The molecule has 2 saturated carbocycles. The maximum atomic E-state index is 4.40. The lowest BCUT2D eigenvalue weighted by molar-refractivity contribution is 0.303. The predicted octanol–water partition coefficient (Wildman–Crippen LogP) is 2.57. The number of hydrogen-bond acceptors (Lipinski definition) is 2. The molecule has 0 spiro atoms. The highest BCUT2D eigenvalue weighted by molar-refractivity contribution is 5.33. The highest BCUT2D eigenvalue weighted by Crippen LogP contribution is 2.39. The Morgan fingerprint density at radius 3 is 2.86 bits per heavy atom. The van der Waals surface area contributed by atoms with Gasteiger partial charge in [-0.25, -0.2) is 4.98 Å². The average molecular weight is 191 g/mol. The third-order valence-electron chi connectivity index (χ3n) is 3.48. The molecule has 3 heteroatoms. The smallest absolute Gasteiger partial charge is 0.203 e. The van der Waals surface area contributed by atoms with E-state index in [0.717, 1.165) is 12.0 Å². The minimum Gasteiger partial charge on any atom is -0.350 e. The first-order chi connectivity index (χ1) is 6.77. The number of anilines is 1. The lowest BCUT2D eigenvalue weighted by atomic mass is 9.79. The molecule has 1 heterocycles. The fourth-order valence-corrected chi connectivity index (χ4v) is 2.16. The van der Waals surface area contributed by atoms with Crippen molar-refractivity contribution >= 4 is 5.95 Å². The number of hydrogen-bond donors (Lipinski definition) is 1. The molecule has 0 aromatic carbocycles. The van der Waals surface area contributed by atoms with Gasteiger partial charge in [0.2, 0.25) is 5.95 Å². The van der Waals surface area contributed by atoms with E-state index < -0.39 is 0 Å². The molecule has 1 N–H and O–H groups in total. The highest BCUT2D eigenvalue weighted by atomic mass is 15.2. The zero-order valence-corrected chi connectivity index (χ0v) is 8.66. The Kier molecular flexibility index (Phi) is 1.64. The second kappa shape index (κ2) is 2.75. The molecule has 1 aromatic rings. The molecule has 2 aliphatic rings. The molecule has 1 aromatic heterocycles. The number of imidazole rings is 1. The van der Waals surface area contributed by atoms with Gasteiger partial charge >= 0.3 is 0 Å². The molecular formula is C11H17N3. The molecule has 3 rings (SSSR count). The van der Waals surface area contributed by atoms with Crippen molar-refractivity contribution in [1.29, 1.82) is 0 Å². The molecule has 76 valence electrons. The van der Waals surface area contributed by atoms with Gasteiger partial charge < -0.3 is 9.88 Å². The number of rotatable bonds is 3. The van der Waals surface area contributed by atoms with Crippen molar-refractivity contribution in [3.05, 3.63) is 12.4 Å². The third-order valence-corrected chi connectivity index (χ3v) is 3.48. The minimum atomic E-state index is 0.317. The summed E-state index contributed by atoms with van der Waals surface area (Å²) in [5.41, 5.74) is 0.317. The molecule has 0 bridgehead atoms. The molecule has 3 nitrogen and oxygen atoms in total. The Morgan fingerprint density at radius 2 is 2.29 bits per heavy atom. The van der Waals surface area contributed by atoms with Crippen LogP contribution in [0.1, 0.15) is 45.1 Å². The Morgan fingerprint density at radius 1 is 1.50 bits per heavy atom. The third kappa shape index (κ3) is 1.31. The summed E-state index contributed by atoms with van der Waals surface area (Å²) in [7, 11) is 0. The quantitative estimate of drug-likeness (QED) is 0.795. The summed E-state index contributed by atoms with van der Waals surface area (Å²) in [6, 6.07) is 0.726. The summed E-state index contributed by atoms with van der Waals surface area (Å²) in [5.74, 6) is 1.08. The number of nitrogens with zero attached hydrogens (tertiary/aromatic N) is 2. The molecule has 0 radical (unpaired) electrons. The zero-order valence-electron chi connectivity index (χ0n) is 8.66. The Bertz CT molecular complexity index is 334. The molecule has 0 aliphatic heterocycles. The summed E-state index contributed by atoms with van der Waals surface area (Å²) in [6.07, 6.45) is 10.6. The Hall–Kier alpha value is -0.990. The zero-order chi connectivity index (χ0) is 9.60. The van der Waals surface area contributed by atoms with Gasteiger partial charge in [0.25, 0.3) is 0 Å². The molecule has 14 heavy (non-hydrogen) atoms. The van der Waals surface area contributed by atoms with Gasteiger partial charge in [0.1, 0.15) is 0 Å². The highest BCUT2D eigenvalue weighted by Gasteiger charge is 2.34. The first kappa shape index (κ1) is 8.33. The monoisotopic (exact) mass is 191 g/mol. The van der Waals surface area contributed by atoms with Crippen molar-refractivity contribution in [2.24, 2.45) is 0 Å². The van der Waals surface area contributed by atoms with E-state index >= 15 is 0 Å². The van der Waals surface area contributed by atoms with Crippen LogP contribution < -0.4 is 5.32 Å². The second-order valence-corrected chi connectivity index (χ2v) is 4.93. The van der Waals surface area contributed by atoms with Crippen LogP contribution in [0.25, 0.3) is 0 Å². The SMILES string of the molecule is CC1(Nc2nccn2C2CC2)CCC1. The van der Waals surface area contributed by atoms with Crippen molar-refractivity contribution in [1.82, 2.24) is 9.55 Å². The van der Waals surface area contributed by atoms with Crippen LogP contribution in [0.3, 0.4) is 0 Å². The summed E-state index contributed by atoms with van der Waals surface area (Å²) in [4.78, 5) is 4.40. The maximum Gasteiger partial charge on any atom is 0.203 e. The maximum absolute atomic E-state index is 4.40. The van der Waals surface area contributed by atoms with Crippen LogP contribution in [-0.4, -0.2) is 15.1 Å². The van der Waals surface area contributed by atoms with Crippen LogP contribution in [0.4, 0.5) is 5.95 Å². The van der Waals surface area contributed by atoms with Crippen molar-refractivity contribution in [2.45, 2.75) is 50.6 Å². The van der Waals surface area contributed by atoms with E-state index in [1.165, 1.54) is 32.1 Å². The van der Waals surface area contributed by atoms with Gasteiger partial charge in [0, 0.05) is 24.0 Å². The van der Waals surface area contributed by atoms with Gasteiger partial charge in [-0.2, -0.15) is 0 Å². The van der Waals surface area contributed by atoms with Gasteiger partial charge in [-0.3, -0.25) is 0 Å². The van der Waals surface area contributed by atoms with E-state index in [0.29, 0.717) is 5.54 Å². The lowest BCUT2D eigenvalue weighted by Gasteiger charge is -2.39. The summed E-state index contributed by atoms with van der Waals surface area (Å²) >= 11 is 0. The topological polar surface area (TPSA) is 29.9 Å².